The normalized spacial score (nSPS) is 16.3. The summed E-state index contributed by atoms with van der Waals surface area (Å²) in [7, 11) is 2.18. The number of halogens is 2. The average molecular weight is 1630 g/mol. The number of fused-ring (bicyclic) bond motifs is 8. The molecular weight excluding hydrogens is 1530 g/mol. The van der Waals surface area contributed by atoms with Crippen LogP contribution in [0.1, 0.15) is 50.2 Å². The van der Waals surface area contributed by atoms with Gasteiger partial charge in [0.1, 0.15) is 11.6 Å². The van der Waals surface area contributed by atoms with E-state index in [2.05, 4.69) is 123 Å². The molecule has 620 valence electrons. The number of hydrogen-bond donors (Lipinski definition) is 2. The smallest absolute Gasteiger partial charge is 0.162 e. The van der Waals surface area contributed by atoms with Gasteiger partial charge in [-0.15, -0.1) is 0 Å². The van der Waals surface area contributed by atoms with Crippen LogP contribution in [0.4, 0.5) is 31.5 Å². The number of β-amino-alcohol motifs (C(OH)–C–C–N with tert-alkyl or cyclic N) is 2. The zero-order valence-corrected chi connectivity index (χ0v) is 69.8. The highest BCUT2D eigenvalue weighted by Gasteiger charge is 2.33. The van der Waals surface area contributed by atoms with Crippen LogP contribution in [0.25, 0.3) is 111 Å². The average Bonchev–Trinajstić information content (AvgIpc) is 1.67. The summed E-state index contributed by atoms with van der Waals surface area (Å²) >= 11 is 0. The maximum Gasteiger partial charge on any atom is 0.162 e. The summed E-state index contributed by atoms with van der Waals surface area (Å²) < 4.78 is 40.9. The van der Waals surface area contributed by atoms with E-state index in [-0.39, 0.29) is 11.6 Å². The molecule has 2 N–H and O–H groups in total. The van der Waals surface area contributed by atoms with Crippen molar-refractivity contribution in [3.8, 4) is 44.5 Å². The Morgan fingerprint density at radius 3 is 1.09 bits per heavy atom. The summed E-state index contributed by atoms with van der Waals surface area (Å²) in [5.74, 6) is -0.498. The second-order valence-corrected chi connectivity index (χ2v) is 33.8. The molecule has 121 heavy (non-hydrogen) atoms. The Kier molecular flexibility index (Phi) is 22.1. The van der Waals surface area contributed by atoms with Crippen molar-refractivity contribution in [1.29, 1.82) is 0 Å². The fraction of sp³-hybridized carbons (Fsp3) is 0.348. The van der Waals surface area contributed by atoms with Gasteiger partial charge in [-0.1, -0.05) is 36.4 Å². The first-order valence-electron chi connectivity index (χ1n) is 41.6. The van der Waals surface area contributed by atoms with Crippen LogP contribution >= 0.6 is 0 Å². The third kappa shape index (κ3) is 17.1. The molecular formula is C92H100F2N24O3. The lowest BCUT2D eigenvalue weighted by molar-refractivity contribution is 0.0340. The maximum atomic E-state index is 14.0. The van der Waals surface area contributed by atoms with Gasteiger partial charge in [-0.2, -0.15) is 20.4 Å². The molecule has 5 fully saturated rings. The van der Waals surface area contributed by atoms with E-state index < -0.39 is 11.2 Å². The fourth-order valence-corrected chi connectivity index (χ4v) is 17.4. The van der Waals surface area contributed by atoms with E-state index in [9.17, 15) is 19.0 Å². The molecule has 29 heteroatoms. The van der Waals surface area contributed by atoms with Gasteiger partial charge in [0, 0.05) is 204 Å². The molecule has 16 aromatic rings. The molecule has 0 spiro atoms. The number of ether oxygens (including phenoxy) is 1. The number of benzene rings is 4. The van der Waals surface area contributed by atoms with Gasteiger partial charge in [-0.25, -0.2) is 46.8 Å². The molecule has 0 radical (unpaired) electrons. The third-order valence-corrected chi connectivity index (χ3v) is 23.6. The number of para-hydroxylation sites is 2. The van der Waals surface area contributed by atoms with Crippen molar-refractivity contribution in [1.82, 2.24) is 97.9 Å². The monoisotopic (exact) mass is 1630 g/mol. The Bertz CT molecular complexity index is 6480. The van der Waals surface area contributed by atoms with Gasteiger partial charge in [0.2, 0.25) is 0 Å². The van der Waals surface area contributed by atoms with Crippen molar-refractivity contribution in [2.75, 3.05) is 158 Å². The predicted molar refractivity (Wildman–Crippen MR) is 472 cm³/mol. The fourth-order valence-electron chi connectivity index (χ4n) is 17.4. The SMILES string of the molecule is Cc1cc(-c2cnn3cc(N4CCN(CC(C)(C)O)CC4)cnc23)c2ccccc2n1.Cc1cc(-c2cnn3cc(N4CCOCC4)cnc23)c2ccccc2n1.Cc1cc2c(-c3cnn4cc(N5CCN(C6CN(C)C6)CC5)cnc34)ccnc2cc1F.Cc1cc2c(-c3cnn4cc(N5CCN(CC(C)(C)O)CC5)cnc34)ccnc2cc1F. The highest BCUT2D eigenvalue weighted by atomic mass is 19.1. The van der Waals surface area contributed by atoms with Crippen molar-refractivity contribution >= 4 is 88.9 Å². The number of piperazine rings is 3. The van der Waals surface area contributed by atoms with Crippen LogP contribution in [0, 0.1) is 39.3 Å². The zero-order chi connectivity index (χ0) is 83.4. The first-order valence-corrected chi connectivity index (χ1v) is 41.6. The summed E-state index contributed by atoms with van der Waals surface area (Å²) in [4.78, 5) is 55.8. The number of hydrogen-bond acceptors (Lipinski definition) is 23. The minimum atomic E-state index is -0.685. The summed E-state index contributed by atoms with van der Waals surface area (Å²) in [6, 6.07) is 31.8. The number of pyridine rings is 4. The lowest BCUT2D eigenvalue weighted by Gasteiger charge is -2.47. The molecule has 0 aliphatic carbocycles. The molecule has 0 atom stereocenters. The van der Waals surface area contributed by atoms with E-state index in [4.69, 9.17) is 24.7 Å². The lowest BCUT2D eigenvalue weighted by Crippen LogP contribution is -2.62. The minimum absolute atomic E-state index is 0.241. The second-order valence-electron chi connectivity index (χ2n) is 33.8. The van der Waals surface area contributed by atoms with Gasteiger partial charge in [0.25, 0.3) is 0 Å². The van der Waals surface area contributed by atoms with Crippen molar-refractivity contribution in [3.05, 3.63) is 218 Å². The maximum absolute atomic E-state index is 14.0. The number of anilines is 4. The molecule has 5 aliphatic heterocycles. The summed E-state index contributed by atoms with van der Waals surface area (Å²) in [6.07, 6.45) is 26.7. The van der Waals surface area contributed by atoms with Gasteiger partial charge in [0.15, 0.2) is 22.6 Å². The Labute approximate surface area is 699 Å². The number of aromatic nitrogens is 16. The topological polar surface area (TPSA) is 248 Å². The minimum Gasteiger partial charge on any atom is -0.389 e. The van der Waals surface area contributed by atoms with E-state index in [1.165, 1.54) is 25.2 Å². The van der Waals surface area contributed by atoms with Crippen LogP contribution in [0.5, 0.6) is 0 Å². The predicted octanol–water partition coefficient (Wildman–Crippen LogP) is 12.3. The van der Waals surface area contributed by atoms with Crippen LogP contribution in [-0.2, 0) is 4.74 Å². The Morgan fingerprint density at radius 2 is 0.727 bits per heavy atom. The number of likely N-dealkylation sites (tertiary alicyclic amines) is 1. The van der Waals surface area contributed by atoms with Crippen molar-refractivity contribution in [2.24, 2.45) is 0 Å². The Morgan fingerprint density at radius 1 is 0.380 bits per heavy atom. The van der Waals surface area contributed by atoms with E-state index >= 15 is 0 Å². The second kappa shape index (κ2) is 33.4. The molecule has 0 unspecified atom stereocenters. The van der Waals surface area contributed by atoms with Gasteiger partial charge < -0.3 is 39.4 Å². The highest BCUT2D eigenvalue weighted by molar-refractivity contribution is 6.01. The van der Waals surface area contributed by atoms with Crippen LogP contribution in [0.3, 0.4) is 0 Å². The largest absolute Gasteiger partial charge is 0.389 e. The summed E-state index contributed by atoms with van der Waals surface area (Å²) in [6.45, 7) is 33.3. The van der Waals surface area contributed by atoms with E-state index in [0.717, 1.165) is 239 Å². The zero-order valence-electron chi connectivity index (χ0n) is 69.8. The molecule has 0 amide bonds. The molecule has 27 nitrogen and oxygen atoms in total. The molecule has 21 rings (SSSR count). The molecule has 5 saturated heterocycles. The van der Waals surface area contributed by atoms with Gasteiger partial charge in [-0.05, 0) is 144 Å². The number of aliphatic hydroxyl groups is 2. The van der Waals surface area contributed by atoms with Gasteiger partial charge >= 0.3 is 0 Å². The lowest BCUT2D eigenvalue weighted by atomic mass is 10.0. The third-order valence-electron chi connectivity index (χ3n) is 23.6. The Hall–Kier alpha value is -12.2. The molecule has 12 aromatic heterocycles. The molecule has 4 aromatic carbocycles. The van der Waals surface area contributed by atoms with E-state index in [1.807, 2.05) is 172 Å². The first kappa shape index (κ1) is 79.9. The number of likely N-dealkylation sites (N-methyl/N-ethyl adjacent to an activating group) is 1. The quantitative estimate of drug-likeness (QED) is 0.109. The van der Waals surface area contributed by atoms with Crippen molar-refractivity contribution in [3.63, 3.8) is 0 Å². The summed E-state index contributed by atoms with van der Waals surface area (Å²) in [5, 5.41) is 42.5. The first-order chi connectivity index (χ1) is 58.5. The van der Waals surface area contributed by atoms with Crippen LogP contribution < -0.4 is 19.6 Å². The Balaban J connectivity index is 0.000000111. The molecule has 0 bridgehead atoms. The highest BCUT2D eigenvalue weighted by Crippen LogP contribution is 2.38. The number of aryl methyl sites for hydroxylation is 4. The van der Waals surface area contributed by atoms with Crippen molar-refractivity contribution in [2.45, 2.75) is 72.6 Å². The van der Waals surface area contributed by atoms with Gasteiger partial charge in [0.05, 0.1) is 144 Å². The van der Waals surface area contributed by atoms with Gasteiger partial charge in [-0.3, -0.25) is 34.6 Å². The van der Waals surface area contributed by atoms with Crippen LogP contribution in [0.15, 0.2) is 184 Å². The standard InChI is InChI=1S/C24H26FN7.C24H27FN6O.C24H28N6O.C20H19N5O/c1-16-9-20-19(3-4-26-23(20)10-22(16)25)21-12-28-32-15-17(11-27-24(21)32)30-5-7-31(8-6-30)18-13-29(2)14-18;1-16-10-19-18(4-5-26-22(19)11-21(16)25)20-13-28-31-14-17(12-27-23(20)31)30-8-6-29(7-9-30)15-24(2,3)32;1-17-12-20(19-6-4-5-7-22(19)27-17)21-14-26-30-15-18(13-25-23(21)30)29-10-8-28(9-11-29)16-24(2,3)31;1-14-10-17(16-4-2-3-5-19(16)23-14)18-12-22-25-13-15(11-21-20(18)25)24-6-8-26-9-7-24/h3-4,9-12,15,18H,5-8,13-14H2,1-2H3;4-5,10-14,32H,6-9,15H2,1-3H3;4-7,12-15,31H,8-11,16H2,1-3H3;2-5,10-13H,6-9H2,1H3. The molecule has 0 saturated carbocycles. The summed E-state index contributed by atoms with van der Waals surface area (Å²) in [5.41, 5.74) is 20.5. The van der Waals surface area contributed by atoms with Crippen LogP contribution in [0.2, 0.25) is 0 Å². The number of rotatable bonds is 13. The molecule has 17 heterocycles. The van der Waals surface area contributed by atoms with E-state index in [0.29, 0.717) is 41.3 Å². The van der Waals surface area contributed by atoms with Crippen molar-refractivity contribution < 1.29 is 23.7 Å². The van der Waals surface area contributed by atoms with Crippen LogP contribution in [-0.4, -0.2) is 263 Å². The van der Waals surface area contributed by atoms with E-state index in [1.54, 1.807) is 37.0 Å². The molecule has 5 aliphatic rings. The number of morpholine rings is 1. The number of nitrogens with zero attached hydrogens (tertiary/aromatic N) is 24.